The Bertz CT molecular complexity index is 1150. The molecule has 142 valence electrons. The van der Waals surface area contributed by atoms with Crippen LogP contribution in [0.2, 0.25) is 0 Å². The van der Waals surface area contributed by atoms with Gasteiger partial charge in [-0.25, -0.2) is 9.37 Å². The number of hydrogen-bond donors (Lipinski definition) is 1. The number of nitrogens with two attached hydrogens (primary N) is 1. The number of aromatic nitrogens is 2. The van der Waals surface area contributed by atoms with Crippen molar-refractivity contribution in [2.24, 2.45) is 0 Å². The van der Waals surface area contributed by atoms with Gasteiger partial charge in [-0.15, -0.1) is 11.3 Å². The fraction of sp³-hybridized carbons (Fsp3) is 0.182. The largest absolute Gasteiger partial charge is 0.331 e. The Morgan fingerprint density at radius 2 is 1.96 bits per heavy atom. The molecule has 0 aliphatic carbocycles. The summed E-state index contributed by atoms with van der Waals surface area (Å²) >= 11 is 1.44. The number of rotatable bonds is 6. The van der Waals surface area contributed by atoms with Crippen molar-refractivity contribution >= 4 is 16.3 Å². The van der Waals surface area contributed by atoms with E-state index in [2.05, 4.69) is 41.5 Å². The normalized spacial score (nSPS) is 12.4. The van der Waals surface area contributed by atoms with Gasteiger partial charge in [0.15, 0.2) is 4.96 Å². The van der Waals surface area contributed by atoms with Gasteiger partial charge in [-0.3, -0.25) is 9.20 Å². The minimum atomic E-state index is -0.252. The SMILES string of the molecule is CCc1ccc([C@@H]([NH2+]Cc2cc(=O)n3ccsc3n2)c2cccc(F)c2)cc1. The van der Waals surface area contributed by atoms with Gasteiger partial charge < -0.3 is 5.32 Å². The average Bonchev–Trinajstić information content (AvgIpc) is 3.18. The Labute approximate surface area is 166 Å². The van der Waals surface area contributed by atoms with Gasteiger partial charge in [0, 0.05) is 28.8 Å². The smallest absolute Gasteiger partial charge is 0.258 e. The third kappa shape index (κ3) is 3.88. The minimum Gasteiger partial charge on any atom is -0.331 e. The van der Waals surface area contributed by atoms with Crippen LogP contribution < -0.4 is 10.9 Å². The van der Waals surface area contributed by atoms with Crippen LogP contribution >= 0.6 is 11.3 Å². The number of benzene rings is 2. The summed E-state index contributed by atoms with van der Waals surface area (Å²) in [6.07, 6.45) is 2.71. The van der Waals surface area contributed by atoms with Gasteiger partial charge in [-0.2, -0.15) is 0 Å². The Morgan fingerprint density at radius 3 is 2.71 bits per heavy atom. The zero-order valence-corrected chi connectivity index (χ0v) is 16.3. The van der Waals surface area contributed by atoms with Crippen molar-refractivity contribution in [3.05, 3.63) is 105 Å². The molecule has 0 amide bonds. The van der Waals surface area contributed by atoms with E-state index in [1.807, 2.05) is 11.4 Å². The first-order valence-electron chi connectivity index (χ1n) is 9.27. The highest BCUT2D eigenvalue weighted by molar-refractivity contribution is 7.15. The maximum absolute atomic E-state index is 13.8. The van der Waals surface area contributed by atoms with E-state index in [4.69, 9.17) is 0 Å². The molecule has 2 aromatic carbocycles. The lowest BCUT2D eigenvalue weighted by molar-refractivity contribution is -0.702. The summed E-state index contributed by atoms with van der Waals surface area (Å²) in [5.74, 6) is -0.252. The summed E-state index contributed by atoms with van der Waals surface area (Å²) in [4.78, 5) is 17.5. The summed E-state index contributed by atoms with van der Waals surface area (Å²) in [6, 6.07) is 16.6. The molecule has 0 spiro atoms. The second-order valence-corrected chi connectivity index (χ2v) is 7.58. The lowest BCUT2D eigenvalue weighted by atomic mass is 9.97. The van der Waals surface area contributed by atoms with Gasteiger partial charge in [-0.05, 0) is 24.1 Å². The van der Waals surface area contributed by atoms with E-state index in [0.717, 1.165) is 23.2 Å². The Kier molecular flexibility index (Phi) is 5.32. The Balaban J connectivity index is 1.65. The molecule has 2 aromatic heterocycles. The van der Waals surface area contributed by atoms with Gasteiger partial charge in [0.1, 0.15) is 24.1 Å². The molecule has 0 unspecified atom stereocenters. The van der Waals surface area contributed by atoms with Crippen LogP contribution in [-0.2, 0) is 13.0 Å². The molecule has 0 aliphatic rings. The number of quaternary nitrogens is 1. The number of fused-ring (bicyclic) bond motifs is 1. The van der Waals surface area contributed by atoms with Crippen LogP contribution in [-0.4, -0.2) is 9.38 Å². The van der Waals surface area contributed by atoms with Gasteiger partial charge in [0.2, 0.25) is 0 Å². The summed E-state index contributed by atoms with van der Waals surface area (Å²) in [5.41, 5.74) is 3.89. The number of aryl methyl sites for hydroxylation is 1. The maximum atomic E-state index is 13.8. The van der Waals surface area contributed by atoms with Crippen LogP contribution in [0.15, 0.2) is 71.0 Å². The summed E-state index contributed by atoms with van der Waals surface area (Å²) < 4.78 is 15.4. The van der Waals surface area contributed by atoms with Crippen molar-refractivity contribution in [3.63, 3.8) is 0 Å². The second-order valence-electron chi connectivity index (χ2n) is 6.71. The third-order valence-corrected chi connectivity index (χ3v) is 5.63. The zero-order chi connectivity index (χ0) is 19.5. The van der Waals surface area contributed by atoms with Crippen LogP contribution in [0.1, 0.15) is 35.3 Å². The Morgan fingerprint density at radius 1 is 1.14 bits per heavy atom. The molecule has 0 radical (unpaired) electrons. The quantitative estimate of drug-likeness (QED) is 0.546. The standard InChI is InChI=1S/C22H20FN3OS/c1-2-15-6-8-16(9-7-15)21(17-4-3-5-18(23)12-17)24-14-19-13-20(27)26-10-11-28-22(26)25-19/h3-13,21,24H,2,14H2,1H3/p+1/t21-/m1/s1. The molecule has 2 heterocycles. The predicted octanol–water partition coefficient (Wildman–Crippen LogP) is 3.31. The molecule has 4 nitrogen and oxygen atoms in total. The van der Waals surface area contributed by atoms with Crippen LogP contribution in [0.5, 0.6) is 0 Å². The Hall–Kier alpha value is -2.83. The molecule has 6 heteroatoms. The lowest BCUT2D eigenvalue weighted by Gasteiger charge is -2.17. The van der Waals surface area contributed by atoms with Crippen molar-refractivity contribution in [1.29, 1.82) is 0 Å². The zero-order valence-electron chi connectivity index (χ0n) is 15.5. The predicted molar refractivity (Wildman–Crippen MR) is 109 cm³/mol. The molecule has 0 fully saturated rings. The van der Waals surface area contributed by atoms with Crippen molar-refractivity contribution in [2.75, 3.05) is 0 Å². The van der Waals surface area contributed by atoms with Gasteiger partial charge in [0.25, 0.3) is 5.56 Å². The van der Waals surface area contributed by atoms with E-state index >= 15 is 0 Å². The molecular formula is C22H21FN3OS+. The van der Waals surface area contributed by atoms with E-state index in [0.29, 0.717) is 11.5 Å². The summed E-state index contributed by atoms with van der Waals surface area (Å²) in [7, 11) is 0. The van der Waals surface area contributed by atoms with Crippen molar-refractivity contribution in [1.82, 2.24) is 9.38 Å². The first-order valence-corrected chi connectivity index (χ1v) is 10.2. The minimum absolute atomic E-state index is 0.0785. The van der Waals surface area contributed by atoms with Gasteiger partial charge >= 0.3 is 0 Å². The fourth-order valence-electron chi connectivity index (χ4n) is 3.36. The number of halogens is 1. The molecule has 4 rings (SSSR count). The van der Waals surface area contributed by atoms with E-state index < -0.39 is 0 Å². The van der Waals surface area contributed by atoms with E-state index in [1.54, 1.807) is 28.8 Å². The van der Waals surface area contributed by atoms with E-state index in [9.17, 15) is 9.18 Å². The van der Waals surface area contributed by atoms with Crippen LogP contribution in [0.3, 0.4) is 0 Å². The number of hydrogen-bond acceptors (Lipinski definition) is 3. The molecule has 4 aromatic rings. The van der Waals surface area contributed by atoms with Gasteiger partial charge in [-0.1, -0.05) is 43.3 Å². The molecule has 0 bridgehead atoms. The van der Waals surface area contributed by atoms with Gasteiger partial charge in [0.05, 0.1) is 0 Å². The van der Waals surface area contributed by atoms with Crippen LogP contribution in [0, 0.1) is 5.82 Å². The molecular weight excluding hydrogens is 373 g/mol. The van der Waals surface area contributed by atoms with Crippen molar-refractivity contribution < 1.29 is 9.71 Å². The van der Waals surface area contributed by atoms with Crippen LogP contribution in [0.25, 0.3) is 4.96 Å². The topological polar surface area (TPSA) is 51.0 Å². The van der Waals surface area contributed by atoms with E-state index in [1.165, 1.54) is 23.0 Å². The molecule has 0 saturated heterocycles. The highest BCUT2D eigenvalue weighted by atomic mass is 32.1. The number of nitrogens with zero attached hydrogens (tertiary/aromatic N) is 2. The lowest BCUT2D eigenvalue weighted by Crippen LogP contribution is -2.84. The highest BCUT2D eigenvalue weighted by Gasteiger charge is 2.19. The maximum Gasteiger partial charge on any atom is 0.258 e. The molecule has 2 N–H and O–H groups in total. The molecule has 0 aliphatic heterocycles. The fourth-order valence-corrected chi connectivity index (χ4v) is 4.09. The van der Waals surface area contributed by atoms with Crippen LogP contribution in [0.4, 0.5) is 4.39 Å². The monoisotopic (exact) mass is 394 g/mol. The average molecular weight is 394 g/mol. The molecule has 1 atom stereocenters. The third-order valence-electron chi connectivity index (χ3n) is 4.87. The first kappa shape index (κ1) is 18.5. The highest BCUT2D eigenvalue weighted by Crippen LogP contribution is 2.20. The second kappa shape index (κ2) is 8.04. The van der Waals surface area contributed by atoms with Crippen molar-refractivity contribution in [2.45, 2.75) is 25.9 Å². The number of thiazole rings is 1. The molecule has 28 heavy (non-hydrogen) atoms. The van der Waals surface area contributed by atoms with Crippen molar-refractivity contribution in [3.8, 4) is 0 Å². The van der Waals surface area contributed by atoms with E-state index in [-0.39, 0.29) is 17.4 Å². The first-order chi connectivity index (χ1) is 13.6. The summed E-state index contributed by atoms with van der Waals surface area (Å²) in [5, 5.41) is 3.95. The molecule has 0 saturated carbocycles. The summed E-state index contributed by atoms with van der Waals surface area (Å²) in [6.45, 7) is 2.65.